The Hall–Kier alpha value is -2.55. The molecule has 3 heterocycles. The molecule has 1 aromatic carbocycles. The van der Waals surface area contributed by atoms with Crippen LogP contribution in [0, 0.1) is 11.8 Å². The van der Waals surface area contributed by atoms with E-state index >= 15 is 0 Å². The van der Waals surface area contributed by atoms with Gasteiger partial charge in [-0.25, -0.2) is 4.98 Å². The first-order valence-corrected chi connectivity index (χ1v) is 9.54. The summed E-state index contributed by atoms with van der Waals surface area (Å²) in [6, 6.07) is 13.0. The number of hydrogen-bond acceptors (Lipinski definition) is 2. The van der Waals surface area contributed by atoms with Gasteiger partial charge in [-0.3, -0.25) is 0 Å². The maximum Gasteiger partial charge on any atom is 0.142 e. The summed E-state index contributed by atoms with van der Waals surface area (Å²) in [5.41, 5.74) is 4.83. The Kier molecular flexibility index (Phi) is 4.54. The molecule has 3 aromatic rings. The van der Waals surface area contributed by atoms with Gasteiger partial charge in [-0.15, -0.1) is 0 Å². The normalized spacial score (nSPS) is 20.5. The highest BCUT2D eigenvalue weighted by atomic mass is 15.2. The van der Waals surface area contributed by atoms with Gasteiger partial charge in [0.2, 0.25) is 0 Å². The van der Waals surface area contributed by atoms with Gasteiger partial charge in [-0.2, -0.15) is 0 Å². The van der Waals surface area contributed by atoms with E-state index in [2.05, 4.69) is 77.5 Å². The van der Waals surface area contributed by atoms with E-state index in [1.165, 1.54) is 23.1 Å². The van der Waals surface area contributed by atoms with Crippen molar-refractivity contribution in [3.05, 3.63) is 66.5 Å². The molecule has 0 radical (unpaired) electrons. The number of anilines is 1. The molecule has 26 heavy (non-hydrogen) atoms. The smallest absolute Gasteiger partial charge is 0.142 e. The lowest BCUT2D eigenvalue weighted by molar-refractivity contribution is 0.357. The summed E-state index contributed by atoms with van der Waals surface area (Å²) in [7, 11) is 0. The number of aromatic nitrogens is 2. The molecule has 0 amide bonds. The highest BCUT2D eigenvalue weighted by molar-refractivity contribution is 5.90. The summed E-state index contributed by atoms with van der Waals surface area (Å²) in [6.45, 7) is 11.7. The molecule has 1 fully saturated rings. The Morgan fingerprint density at radius 3 is 2.50 bits per heavy atom. The van der Waals surface area contributed by atoms with Crippen molar-refractivity contribution in [3.63, 3.8) is 0 Å². The van der Waals surface area contributed by atoms with Crippen molar-refractivity contribution in [1.82, 2.24) is 9.55 Å². The summed E-state index contributed by atoms with van der Waals surface area (Å²) < 4.78 is 2.25. The molecule has 2 atom stereocenters. The second-order valence-electron chi connectivity index (χ2n) is 7.81. The number of benzene rings is 1. The second kappa shape index (κ2) is 6.99. The molecule has 3 heteroatoms. The summed E-state index contributed by atoms with van der Waals surface area (Å²) in [6.07, 6.45) is 7.33. The largest absolute Gasteiger partial charge is 0.370 e. The molecule has 1 aliphatic heterocycles. The highest BCUT2D eigenvalue weighted by Gasteiger charge is 2.23. The molecule has 1 saturated heterocycles. The minimum Gasteiger partial charge on any atom is -0.370 e. The van der Waals surface area contributed by atoms with E-state index in [1.807, 2.05) is 12.3 Å². The minimum absolute atomic E-state index is 0.743. The Morgan fingerprint density at radius 1 is 1.08 bits per heavy atom. The van der Waals surface area contributed by atoms with E-state index in [0.717, 1.165) is 42.7 Å². The van der Waals surface area contributed by atoms with Crippen molar-refractivity contribution in [1.29, 1.82) is 0 Å². The van der Waals surface area contributed by atoms with Crippen molar-refractivity contribution in [3.8, 4) is 0 Å². The SMILES string of the molecule is C=Cc1ccc(Cn2ccc3c(N4CC(C)CC(C)C4)ccnc32)cc1. The molecule has 134 valence electrons. The molecule has 0 saturated carbocycles. The van der Waals surface area contributed by atoms with Crippen LogP contribution in [0.5, 0.6) is 0 Å². The molecule has 2 aromatic heterocycles. The van der Waals surface area contributed by atoms with E-state index in [1.54, 1.807) is 0 Å². The Balaban J connectivity index is 1.65. The summed E-state index contributed by atoms with van der Waals surface area (Å²) in [4.78, 5) is 7.23. The molecule has 3 nitrogen and oxygen atoms in total. The quantitative estimate of drug-likeness (QED) is 0.647. The van der Waals surface area contributed by atoms with Gasteiger partial charge in [-0.05, 0) is 41.5 Å². The van der Waals surface area contributed by atoms with Gasteiger partial charge in [0.05, 0.1) is 0 Å². The third-order valence-corrected chi connectivity index (χ3v) is 5.42. The number of pyridine rings is 1. The van der Waals surface area contributed by atoms with E-state index in [0.29, 0.717) is 0 Å². The van der Waals surface area contributed by atoms with Crippen LogP contribution in [0.1, 0.15) is 31.4 Å². The van der Waals surface area contributed by atoms with Crippen molar-refractivity contribution in [2.45, 2.75) is 26.8 Å². The molecular weight excluding hydrogens is 318 g/mol. The van der Waals surface area contributed by atoms with Crippen LogP contribution in [-0.4, -0.2) is 22.6 Å². The number of hydrogen-bond donors (Lipinski definition) is 0. The first-order chi connectivity index (χ1) is 12.6. The van der Waals surface area contributed by atoms with E-state index < -0.39 is 0 Å². The van der Waals surface area contributed by atoms with Crippen LogP contribution in [0.15, 0.2) is 55.4 Å². The first kappa shape index (κ1) is 16.9. The predicted octanol–water partition coefficient (Wildman–Crippen LogP) is 5.21. The van der Waals surface area contributed by atoms with Gasteiger partial charge in [0.15, 0.2) is 0 Å². The predicted molar refractivity (Wildman–Crippen MR) is 111 cm³/mol. The molecular formula is C23H27N3. The standard InChI is InChI=1S/C23H27N3/c1-4-19-5-7-20(8-6-19)16-25-12-10-21-22(9-11-24-23(21)25)26-14-17(2)13-18(3)15-26/h4-12,17-18H,1,13-16H2,2-3H3. The summed E-state index contributed by atoms with van der Waals surface area (Å²) >= 11 is 0. The van der Waals surface area contributed by atoms with E-state index in [9.17, 15) is 0 Å². The topological polar surface area (TPSA) is 21.1 Å². The fourth-order valence-electron chi connectivity index (χ4n) is 4.30. The molecule has 0 aliphatic carbocycles. The molecule has 0 spiro atoms. The first-order valence-electron chi connectivity index (χ1n) is 9.54. The minimum atomic E-state index is 0.743. The number of fused-ring (bicyclic) bond motifs is 1. The van der Waals surface area contributed by atoms with Crippen LogP contribution in [0.25, 0.3) is 17.1 Å². The second-order valence-corrected chi connectivity index (χ2v) is 7.81. The third-order valence-electron chi connectivity index (χ3n) is 5.42. The highest BCUT2D eigenvalue weighted by Crippen LogP contribution is 2.31. The van der Waals surface area contributed by atoms with Crippen molar-refractivity contribution < 1.29 is 0 Å². The number of piperidine rings is 1. The van der Waals surface area contributed by atoms with Crippen molar-refractivity contribution in [2.24, 2.45) is 11.8 Å². The van der Waals surface area contributed by atoms with Crippen LogP contribution in [0.2, 0.25) is 0 Å². The lowest BCUT2D eigenvalue weighted by Gasteiger charge is -2.36. The monoisotopic (exact) mass is 345 g/mol. The zero-order valence-electron chi connectivity index (χ0n) is 15.7. The maximum atomic E-state index is 4.68. The van der Waals surface area contributed by atoms with Crippen molar-refractivity contribution >= 4 is 22.8 Å². The lowest BCUT2D eigenvalue weighted by Crippen LogP contribution is -2.38. The molecule has 0 bridgehead atoms. The van der Waals surface area contributed by atoms with Gasteiger partial charge in [0.25, 0.3) is 0 Å². The van der Waals surface area contributed by atoms with Gasteiger partial charge < -0.3 is 9.47 Å². The Bertz CT molecular complexity index is 897. The van der Waals surface area contributed by atoms with E-state index in [4.69, 9.17) is 0 Å². The third kappa shape index (κ3) is 3.26. The van der Waals surface area contributed by atoms with Gasteiger partial charge >= 0.3 is 0 Å². The van der Waals surface area contributed by atoms with Crippen molar-refractivity contribution in [2.75, 3.05) is 18.0 Å². The molecule has 1 aliphatic rings. The Morgan fingerprint density at radius 2 is 1.81 bits per heavy atom. The van der Waals surface area contributed by atoms with Crippen LogP contribution >= 0.6 is 0 Å². The zero-order valence-corrected chi connectivity index (χ0v) is 15.7. The molecule has 4 rings (SSSR count). The maximum absolute atomic E-state index is 4.68. The molecule has 2 unspecified atom stereocenters. The van der Waals surface area contributed by atoms with E-state index in [-0.39, 0.29) is 0 Å². The van der Waals surface area contributed by atoms with Crippen LogP contribution in [0.3, 0.4) is 0 Å². The fourth-order valence-corrected chi connectivity index (χ4v) is 4.30. The van der Waals surface area contributed by atoms with Gasteiger partial charge in [0.1, 0.15) is 5.65 Å². The zero-order chi connectivity index (χ0) is 18.1. The average molecular weight is 345 g/mol. The fraction of sp³-hybridized carbons (Fsp3) is 0.348. The average Bonchev–Trinajstić information content (AvgIpc) is 3.04. The van der Waals surface area contributed by atoms with Crippen LogP contribution in [0.4, 0.5) is 5.69 Å². The molecule has 0 N–H and O–H groups in total. The number of rotatable bonds is 4. The summed E-state index contributed by atoms with van der Waals surface area (Å²) in [5.74, 6) is 1.49. The van der Waals surface area contributed by atoms with Crippen LogP contribution < -0.4 is 4.90 Å². The van der Waals surface area contributed by atoms with Crippen LogP contribution in [-0.2, 0) is 6.54 Å². The Labute approximate surface area is 156 Å². The summed E-state index contributed by atoms with van der Waals surface area (Å²) in [5, 5.41) is 1.26. The van der Waals surface area contributed by atoms with Gasteiger partial charge in [-0.1, -0.05) is 50.8 Å². The van der Waals surface area contributed by atoms with Gasteiger partial charge in [0, 0.05) is 43.1 Å². The number of nitrogens with zero attached hydrogens (tertiary/aromatic N) is 3. The lowest BCUT2D eigenvalue weighted by atomic mass is 9.91.